The van der Waals surface area contributed by atoms with Gasteiger partial charge in [-0.25, -0.2) is 4.79 Å². The fourth-order valence-electron chi connectivity index (χ4n) is 3.00. The van der Waals surface area contributed by atoms with Gasteiger partial charge in [-0.3, -0.25) is 4.79 Å². The summed E-state index contributed by atoms with van der Waals surface area (Å²) in [5.41, 5.74) is -0.480. The van der Waals surface area contributed by atoms with Crippen LogP contribution >= 0.6 is 0 Å². The Morgan fingerprint density at radius 2 is 1.74 bits per heavy atom. The number of hydrogen-bond acceptors (Lipinski definition) is 3. The van der Waals surface area contributed by atoms with Gasteiger partial charge in [-0.2, -0.15) is 0 Å². The van der Waals surface area contributed by atoms with Crippen LogP contribution in [-0.2, 0) is 9.53 Å². The molecule has 1 heterocycles. The number of unbranched alkanes of at least 4 members (excludes halogenated alkanes) is 6. The van der Waals surface area contributed by atoms with Crippen LogP contribution in [0.1, 0.15) is 85.5 Å². The van der Waals surface area contributed by atoms with Crippen molar-refractivity contribution < 1.29 is 14.3 Å². The first kappa shape index (κ1) is 20.0. The largest absolute Gasteiger partial charge is 0.444 e. The Labute approximate surface area is 141 Å². The van der Waals surface area contributed by atoms with E-state index >= 15 is 0 Å². The molecule has 134 valence electrons. The molecular weight excluding hydrogens is 290 g/mol. The van der Waals surface area contributed by atoms with Crippen LogP contribution in [0, 0.1) is 5.92 Å². The van der Waals surface area contributed by atoms with Crippen molar-refractivity contribution in [3.05, 3.63) is 0 Å². The Hall–Kier alpha value is -1.06. The Balaban J connectivity index is 2.29. The van der Waals surface area contributed by atoms with Gasteiger partial charge in [-0.1, -0.05) is 51.9 Å². The maximum absolute atomic E-state index is 12.1. The summed E-state index contributed by atoms with van der Waals surface area (Å²) in [6.07, 6.45) is 9.87. The monoisotopic (exact) mass is 325 g/mol. The molecule has 1 unspecified atom stereocenters. The Kier molecular flexibility index (Phi) is 8.64. The van der Waals surface area contributed by atoms with Crippen LogP contribution in [0.25, 0.3) is 0 Å². The van der Waals surface area contributed by atoms with Crippen LogP contribution in [0.15, 0.2) is 0 Å². The fraction of sp³-hybridized carbons (Fsp3) is 0.895. The molecular formula is C19H35NO3. The lowest BCUT2D eigenvalue weighted by Gasteiger charge is -2.33. The maximum atomic E-state index is 12.1. The molecule has 0 aliphatic carbocycles. The molecule has 1 aliphatic heterocycles. The number of hydrogen-bond donors (Lipinski definition) is 0. The number of piperidine rings is 1. The fourth-order valence-corrected chi connectivity index (χ4v) is 3.00. The van der Waals surface area contributed by atoms with E-state index in [-0.39, 0.29) is 12.0 Å². The van der Waals surface area contributed by atoms with Crippen LogP contribution in [0.4, 0.5) is 4.79 Å². The third kappa shape index (κ3) is 8.38. The second-order valence-electron chi connectivity index (χ2n) is 7.75. The van der Waals surface area contributed by atoms with Gasteiger partial charge in [0.25, 0.3) is 0 Å². The zero-order valence-corrected chi connectivity index (χ0v) is 15.5. The number of nitrogens with zero attached hydrogens (tertiary/aromatic N) is 1. The number of likely N-dealkylation sites (tertiary alicyclic amines) is 1. The minimum atomic E-state index is -0.480. The maximum Gasteiger partial charge on any atom is 0.410 e. The average Bonchev–Trinajstić information content (AvgIpc) is 2.46. The van der Waals surface area contributed by atoms with E-state index < -0.39 is 5.60 Å². The minimum absolute atomic E-state index is 0.00640. The summed E-state index contributed by atoms with van der Waals surface area (Å²) in [5, 5.41) is 0. The number of carbonyl (C=O) groups excluding carboxylic acids is 2. The van der Waals surface area contributed by atoms with E-state index in [1.54, 1.807) is 4.90 Å². The van der Waals surface area contributed by atoms with Gasteiger partial charge in [0.05, 0.1) is 0 Å². The topological polar surface area (TPSA) is 46.6 Å². The van der Waals surface area contributed by atoms with E-state index in [1.807, 2.05) is 20.8 Å². The van der Waals surface area contributed by atoms with E-state index in [9.17, 15) is 9.59 Å². The van der Waals surface area contributed by atoms with Crippen molar-refractivity contribution in [2.75, 3.05) is 13.1 Å². The summed E-state index contributed by atoms with van der Waals surface area (Å²) in [4.78, 5) is 25.9. The van der Waals surface area contributed by atoms with E-state index in [4.69, 9.17) is 4.74 Å². The van der Waals surface area contributed by atoms with Gasteiger partial charge in [-0.05, 0) is 27.2 Å². The molecule has 0 N–H and O–H groups in total. The Morgan fingerprint density at radius 1 is 1.13 bits per heavy atom. The third-order valence-corrected chi connectivity index (χ3v) is 4.33. The zero-order chi connectivity index (χ0) is 17.3. The van der Waals surface area contributed by atoms with Crippen molar-refractivity contribution in [1.82, 2.24) is 4.90 Å². The van der Waals surface area contributed by atoms with Crippen molar-refractivity contribution in [1.29, 1.82) is 0 Å². The summed E-state index contributed by atoms with van der Waals surface area (Å²) >= 11 is 0. The summed E-state index contributed by atoms with van der Waals surface area (Å²) in [5.74, 6) is 0.322. The molecule has 1 fully saturated rings. The first-order chi connectivity index (χ1) is 10.8. The molecule has 1 amide bonds. The molecule has 0 spiro atoms. The van der Waals surface area contributed by atoms with Gasteiger partial charge in [0.2, 0.25) is 0 Å². The molecule has 1 saturated heterocycles. The third-order valence-electron chi connectivity index (χ3n) is 4.33. The van der Waals surface area contributed by atoms with E-state index in [2.05, 4.69) is 6.92 Å². The lowest BCUT2D eigenvalue weighted by atomic mass is 9.91. The highest BCUT2D eigenvalue weighted by molar-refractivity contribution is 5.84. The van der Waals surface area contributed by atoms with Crippen molar-refractivity contribution in [3.8, 4) is 0 Å². The van der Waals surface area contributed by atoms with Gasteiger partial charge in [0.1, 0.15) is 11.4 Å². The Bertz CT molecular complexity index is 373. The Morgan fingerprint density at radius 3 is 2.35 bits per heavy atom. The molecule has 0 aromatic carbocycles. The summed E-state index contributed by atoms with van der Waals surface area (Å²) in [6.45, 7) is 8.87. The van der Waals surface area contributed by atoms with E-state index in [0.717, 1.165) is 12.8 Å². The molecule has 1 aliphatic rings. The number of amides is 1. The zero-order valence-electron chi connectivity index (χ0n) is 15.5. The molecule has 1 rings (SSSR count). The first-order valence-corrected chi connectivity index (χ1v) is 9.34. The van der Waals surface area contributed by atoms with Gasteiger partial charge in [-0.15, -0.1) is 0 Å². The van der Waals surface area contributed by atoms with Crippen LogP contribution in [0.5, 0.6) is 0 Å². The SMILES string of the molecule is CCCCCCCCCC1CN(C(=O)OC(C)(C)C)CCC1=O. The van der Waals surface area contributed by atoms with Crippen LogP contribution in [0.2, 0.25) is 0 Å². The first-order valence-electron chi connectivity index (χ1n) is 9.34. The highest BCUT2D eigenvalue weighted by atomic mass is 16.6. The second kappa shape index (κ2) is 9.94. The summed E-state index contributed by atoms with van der Waals surface area (Å²) in [6, 6.07) is 0. The number of carbonyl (C=O) groups is 2. The number of ketones is 1. The second-order valence-corrected chi connectivity index (χ2v) is 7.75. The summed E-state index contributed by atoms with van der Waals surface area (Å²) < 4.78 is 5.42. The number of ether oxygens (including phenoxy) is 1. The van der Waals surface area contributed by atoms with Crippen molar-refractivity contribution >= 4 is 11.9 Å². The molecule has 0 aromatic rings. The van der Waals surface area contributed by atoms with Gasteiger partial charge < -0.3 is 9.64 Å². The van der Waals surface area contributed by atoms with Crippen molar-refractivity contribution in [3.63, 3.8) is 0 Å². The average molecular weight is 325 g/mol. The van der Waals surface area contributed by atoms with Gasteiger partial charge >= 0.3 is 6.09 Å². The quantitative estimate of drug-likeness (QED) is 0.593. The molecule has 4 nitrogen and oxygen atoms in total. The standard InChI is InChI=1S/C19H35NO3/c1-5-6-7-8-9-10-11-12-16-15-20(14-13-17(16)21)18(22)23-19(2,3)4/h16H,5-15H2,1-4H3. The normalized spacial score (nSPS) is 19.0. The summed E-state index contributed by atoms with van der Waals surface area (Å²) in [7, 11) is 0. The number of rotatable bonds is 8. The van der Waals surface area contributed by atoms with E-state index in [0.29, 0.717) is 25.3 Å². The van der Waals surface area contributed by atoms with Crippen molar-refractivity contribution in [2.24, 2.45) is 5.92 Å². The predicted molar refractivity (Wildman–Crippen MR) is 93.5 cm³/mol. The van der Waals surface area contributed by atoms with Gasteiger partial charge in [0.15, 0.2) is 0 Å². The number of Topliss-reactive ketones (excluding diaryl/α,β-unsaturated/α-hetero) is 1. The van der Waals surface area contributed by atoms with Crippen LogP contribution in [-0.4, -0.2) is 35.5 Å². The lowest BCUT2D eigenvalue weighted by Crippen LogP contribution is -2.46. The lowest BCUT2D eigenvalue weighted by molar-refractivity contribution is -0.126. The highest BCUT2D eigenvalue weighted by Gasteiger charge is 2.31. The minimum Gasteiger partial charge on any atom is -0.444 e. The molecule has 1 atom stereocenters. The van der Waals surface area contributed by atoms with E-state index in [1.165, 1.54) is 38.5 Å². The predicted octanol–water partition coefficient (Wildman–Crippen LogP) is 4.95. The molecule has 0 saturated carbocycles. The highest BCUT2D eigenvalue weighted by Crippen LogP contribution is 2.22. The molecule has 4 heteroatoms. The molecule has 0 bridgehead atoms. The molecule has 23 heavy (non-hydrogen) atoms. The van der Waals surface area contributed by atoms with Crippen LogP contribution in [0.3, 0.4) is 0 Å². The van der Waals surface area contributed by atoms with Gasteiger partial charge in [0, 0.05) is 25.4 Å². The molecule has 0 radical (unpaired) electrons. The molecule has 0 aromatic heterocycles. The van der Waals surface area contributed by atoms with Crippen LogP contribution < -0.4 is 0 Å². The smallest absolute Gasteiger partial charge is 0.410 e. The van der Waals surface area contributed by atoms with Crippen molar-refractivity contribution in [2.45, 2.75) is 91.1 Å².